The van der Waals surface area contributed by atoms with Crippen LogP contribution < -0.4 is 29.1 Å². The third-order valence-corrected chi connectivity index (χ3v) is 7.43. The maximum Gasteiger partial charge on any atom is 0.338 e. The first-order chi connectivity index (χ1) is 19.3. The summed E-state index contributed by atoms with van der Waals surface area (Å²) in [5, 5.41) is 0. The van der Waals surface area contributed by atoms with Crippen molar-refractivity contribution in [1.82, 2.24) is 4.57 Å². The van der Waals surface area contributed by atoms with Gasteiger partial charge in [0.15, 0.2) is 16.3 Å². The Morgan fingerprint density at radius 2 is 1.88 bits per heavy atom. The summed E-state index contributed by atoms with van der Waals surface area (Å²) in [4.78, 5) is 32.1. The molecule has 0 bridgehead atoms. The van der Waals surface area contributed by atoms with E-state index in [0.29, 0.717) is 50.4 Å². The monoisotopic (exact) mass is 562 g/mol. The third-order valence-electron chi connectivity index (χ3n) is 6.44. The van der Waals surface area contributed by atoms with Crippen molar-refractivity contribution in [3.05, 3.63) is 97.2 Å². The lowest BCUT2D eigenvalue weighted by Gasteiger charge is -2.24. The van der Waals surface area contributed by atoms with Crippen LogP contribution in [0.4, 0.5) is 0 Å². The molecular weight excluding hydrogens is 528 g/mol. The molecule has 1 aromatic heterocycles. The van der Waals surface area contributed by atoms with Gasteiger partial charge in [0.2, 0.25) is 0 Å². The topological polar surface area (TPSA) is 88.4 Å². The zero-order chi connectivity index (χ0) is 28.8. The Bertz CT molecular complexity index is 1600. The normalized spacial score (nSPS) is 14.9. The van der Waals surface area contributed by atoms with Crippen LogP contribution in [0.3, 0.4) is 0 Å². The second-order valence-corrected chi connectivity index (χ2v) is 10.7. The van der Waals surface area contributed by atoms with E-state index in [0.717, 1.165) is 17.5 Å². The summed E-state index contributed by atoms with van der Waals surface area (Å²) in [5.41, 5.74) is 2.05. The number of benzene rings is 2. The van der Waals surface area contributed by atoms with Gasteiger partial charge in [-0.3, -0.25) is 9.36 Å². The third kappa shape index (κ3) is 6.20. The fourth-order valence-corrected chi connectivity index (χ4v) is 5.39. The number of fused-ring (bicyclic) bond motifs is 1. The maximum absolute atomic E-state index is 13.9. The van der Waals surface area contributed by atoms with Gasteiger partial charge < -0.3 is 18.9 Å². The Morgan fingerprint density at radius 3 is 2.52 bits per heavy atom. The Hall–Kier alpha value is -4.11. The molecule has 1 aliphatic heterocycles. The van der Waals surface area contributed by atoms with Gasteiger partial charge in [0.1, 0.15) is 12.4 Å². The number of rotatable bonds is 11. The maximum atomic E-state index is 13.9. The number of methoxy groups -OCH3 is 2. The van der Waals surface area contributed by atoms with E-state index in [2.05, 4.69) is 25.4 Å². The largest absolute Gasteiger partial charge is 0.497 e. The highest BCUT2D eigenvalue weighted by Crippen LogP contribution is 2.32. The zero-order valence-electron chi connectivity index (χ0n) is 23.4. The van der Waals surface area contributed by atoms with Gasteiger partial charge in [-0.1, -0.05) is 56.0 Å². The molecule has 0 amide bonds. The summed E-state index contributed by atoms with van der Waals surface area (Å²) in [6, 6.07) is 12.1. The average Bonchev–Trinajstić information content (AvgIpc) is 3.25. The number of carbonyl (C=O) groups excluding carboxylic acids is 1. The van der Waals surface area contributed by atoms with Gasteiger partial charge in [-0.2, -0.15) is 0 Å². The van der Waals surface area contributed by atoms with E-state index in [1.807, 2.05) is 30.3 Å². The molecule has 0 fully saturated rings. The molecule has 0 N–H and O–H groups in total. The smallest absolute Gasteiger partial charge is 0.338 e. The minimum absolute atomic E-state index is 0.0500. The molecule has 40 heavy (non-hydrogen) atoms. The number of ether oxygens (including phenoxy) is 4. The molecule has 210 valence electrons. The fourth-order valence-electron chi connectivity index (χ4n) is 4.35. The van der Waals surface area contributed by atoms with Crippen molar-refractivity contribution in [2.24, 2.45) is 10.9 Å². The number of aromatic nitrogens is 1. The van der Waals surface area contributed by atoms with Crippen molar-refractivity contribution < 1.29 is 23.7 Å². The van der Waals surface area contributed by atoms with Crippen molar-refractivity contribution >= 4 is 23.4 Å². The van der Waals surface area contributed by atoms with Crippen molar-refractivity contribution in [2.45, 2.75) is 33.2 Å². The van der Waals surface area contributed by atoms with Crippen LogP contribution in [0.2, 0.25) is 0 Å². The van der Waals surface area contributed by atoms with E-state index < -0.39 is 12.0 Å². The summed E-state index contributed by atoms with van der Waals surface area (Å²) in [5.74, 6) is 1.89. The van der Waals surface area contributed by atoms with Crippen LogP contribution in [0, 0.1) is 5.92 Å². The lowest BCUT2D eigenvalue weighted by Crippen LogP contribution is -2.39. The van der Waals surface area contributed by atoms with Gasteiger partial charge in [0.05, 0.1) is 42.7 Å². The van der Waals surface area contributed by atoms with Gasteiger partial charge in [-0.15, -0.1) is 0 Å². The summed E-state index contributed by atoms with van der Waals surface area (Å²) >= 11 is 1.26. The van der Waals surface area contributed by atoms with Gasteiger partial charge in [0, 0.05) is 0 Å². The highest BCUT2D eigenvalue weighted by atomic mass is 32.1. The molecule has 1 atom stereocenters. The van der Waals surface area contributed by atoms with E-state index in [-0.39, 0.29) is 12.2 Å². The van der Waals surface area contributed by atoms with Crippen LogP contribution in [-0.4, -0.2) is 38.0 Å². The van der Waals surface area contributed by atoms with E-state index in [9.17, 15) is 9.59 Å². The number of nitrogens with zero attached hydrogens (tertiary/aromatic N) is 2. The van der Waals surface area contributed by atoms with E-state index in [1.54, 1.807) is 43.9 Å². The molecule has 0 saturated heterocycles. The molecule has 4 rings (SSSR count). The molecule has 1 aliphatic rings. The lowest BCUT2D eigenvalue weighted by molar-refractivity contribution is -0.138. The number of hydrogen-bond donors (Lipinski definition) is 0. The molecule has 0 unspecified atom stereocenters. The van der Waals surface area contributed by atoms with Gasteiger partial charge in [-0.05, 0) is 60.7 Å². The van der Waals surface area contributed by atoms with Crippen LogP contribution in [0.5, 0.6) is 17.2 Å². The standard InChI is InChI=1S/C31H34N2O6S/c1-7-15-39-30(35)27-20(4)32-31-33(28(27)22-9-11-23(36-5)12-10-22)29(34)26(40-31)18-21-8-13-24(25(17-21)37-6)38-16-14-19(2)3/h7-13,17-19,28H,1,14-16H2,2-6H3/b26-18+/t28-/m1/s1. The number of esters is 1. The fraction of sp³-hybridized carbons (Fsp3) is 0.323. The highest BCUT2D eigenvalue weighted by molar-refractivity contribution is 7.07. The van der Waals surface area contributed by atoms with E-state index in [4.69, 9.17) is 18.9 Å². The Morgan fingerprint density at radius 1 is 1.12 bits per heavy atom. The second kappa shape index (κ2) is 12.8. The molecule has 3 aromatic rings. The molecule has 0 radical (unpaired) electrons. The Labute approximate surface area is 237 Å². The molecular formula is C31H34N2O6S. The second-order valence-electron chi connectivity index (χ2n) is 9.68. The van der Waals surface area contributed by atoms with E-state index >= 15 is 0 Å². The lowest BCUT2D eigenvalue weighted by atomic mass is 9.96. The van der Waals surface area contributed by atoms with Gasteiger partial charge in [-0.25, -0.2) is 9.79 Å². The molecule has 2 heterocycles. The summed E-state index contributed by atoms with van der Waals surface area (Å²) < 4.78 is 24.2. The number of hydrogen-bond acceptors (Lipinski definition) is 8. The van der Waals surface area contributed by atoms with Crippen LogP contribution in [0.1, 0.15) is 44.4 Å². The molecule has 8 nitrogen and oxygen atoms in total. The van der Waals surface area contributed by atoms with Crippen LogP contribution >= 0.6 is 11.3 Å². The molecule has 0 saturated carbocycles. The van der Waals surface area contributed by atoms with Crippen molar-refractivity contribution in [1.29, 1.82) is 0 Å². The minimum Gasteiger partial charge on any atom is -0.497 e. The molecule has 0 spiro atoms. The van der Waals surface area contributed by atoms with Crippen LogP contribution in [-0.2, 0) is 9.53 Å². The summed E-state index contributed by atoms with van der Waals surface area (Å²) in [6.45, 7) is 10.3. The quantitative estimate of drug-likeness (QED) is 0.254. The molecule has 9 heteroatoms. The highest BCUT2D eigenvalue weighted by Gasteiger charge is 2.33. The van der Waals surface area contributed by atoms with Crippen LogP contribution in [0.15, 0.2) is 76.2 Å². The first-order valence-corrected chi connectivity index (χ1v) is 13.8. The first kappa shape index (κ1) is 28.9. The van der Waals surface area contributed by atoms with E-state index in [1.165, 1.54) is 17.4 Å². The van der Waals surface area contributed by atoms with Gasteiger partial charge >= 0.3 is 5.97 Å². The van der Waals surface area contributed by atoms with Crippen molar-refractivity contribution in [2.75, 3.05) is 27.4 Å². The number of thiazole rings is 1. The number of allylic oxidation sites excluding steroid dienone is 1. The average molecular weight is 563 g/mol. The van der Waals surface area contributed by atoms with Crippen molar-refractivity contribution in [3.8, 4) is 17.2 Å². The predicted molar refractivity (Wildman–Crippen MR) is 156 cm³/mol. The summed E-state index contributed by atoms with van der Waals surface area (Å²) in [6.07, 6.45) is 4.23. The minimum atomic E-state index is -0.715. The zero-order valence-corrected chi connectivity index (χ0v) is 24.2. The van der Waals surface area contributed by atoms with Gasteiger partial charge in [0.25, 0.3) is 5.56 Å². The first-order valence-electron chi connectivity index (χ1n) is 13.0. The predicted octanol–water partition coefficient (Wildman–Crippen LogP) is 4.41. The van der Waals surface area contributed by atoms with Crippen molar-refractivity contribution in [3.63, 3.8) is 0 Å². The SMILES string of the molecule is C=CCOC(=O)C1=C(C)N=c2s/c(=C/c3ccc(OCCC(C)C)c(OC)c3)c(=O)n2[C@@H]1c1ccc(OC)cc1. The Kier molecular flexibility index (Phi) is 9.26. The number of carbonyl (C=O) groups is 1. The van der Waals surface area contributed by atoms with Crippen LogP contribution in [0.25, 0.3) is 6.08 Å². The molecule has 2 aromatic carbocycles. The Balaban J connectivity index is 1.80. The molecule has 0 aliphatic carbocycles. The summed E-state index contributed by atoms with van der Waals surface area (Å²) in [7, 11) is 3.17.